The first-order valence-electron chi connectivity index (χ1n) is 5.81. The molecule has 2 rings (SSSR count). The van der Waals surface area contributed by atoms with Crippen LogP contribution in [0.15, 0.2) is 18.2 Å². The summed E-state index contributed by atoms with van der Waals surface area (Å²) in [7, 11) is 0. The summed E-state index contributed by atoms with van der Waals surface area (Å²) in [6.07, 6.45) is 0. The number of piperazine rings is 1. The number of carbonyl (C=O) groups excluding carboxylic acids is 2. The van der Waals surface area contributed by atoms with Crippen LogP contribution in [0, 0.1) is 12.7 Å². The van der Waals surface area contributed by atoms with E-state index < -0.39 is 6.04 Å². The SMILES string of the molecule is Cc1cc(F)ccc1CN1C(=O)CNC(=O)C1C. The van der Waals surface area contributed by atoms with Crippen molar-refractivity contribution in [3.8, 4) is 0 Å². The molecule has 1 aromatic rings. The van der Waals surface area contributed by atoms with E-state index in [2.05, 4.69) is 5.32 Å². The van der Waals surface area contributed by atoms with Crippen LogP contribution in [0.25, 0.3) is 0 Å². The molecular weight excluding hydrogens is 235 g/mol. The Labute approximate surface area is 105 Å². The lowest BCUT2D eigenvalue weighted by molar-refractivity contribution is -0.145. The van der Waals surface area contributed by atoms with Gasteiger partial charge in [-0.1, -0.05) is 6.07 Å². The number of nitrogens with one attached hydrogen (secondary N) is 1. The molecule has 18 heavy (non-hydrogen) atoms. The summed E-state index contributed by atoms with van der Waals surface area (Å²) in [5.41, 5.74) is 1.63. The Morgan fingerprint density at radius 3 is 2.83 bits per heavy atom. The standard InChI is InChI=1S/C13H15FN2O2/c1-8-5-11(14)4-3-10(8)7-16-9(2)13(18)15-6-12(16)17/h3-5,9H,6-7H2,1-2H3,(H,15,18). The maximum atomic E-state index is 13.0. The van der Waals surface area contributed by atoms with Crippen LogP contribution in [-0.4, -0.2) is 29.3 Å². The van der Waals surface area contributed by atoms with Crippen molar-refractivity contribution in [3.05, 3.63) is 35.1 Å². The Morgan fingerprint density at radius 2 is 2.17 bits per heavy atom. The molecule has 1 aliphatic rings. The third-order valence-electron chi connectivity index (χ3n) is 3.23. The summed E-state index contributed by atoms with van der Waals surface area (Å²) < 4.78 is 13.0. The van der Waals surface area contributed by atoms with Crippen molar-refractivity contribution in [1.29, 1.82) is 0 Å². The van der Waals surface area contributed by atoms with Crippen LogP contribution in [-0.2, 0) is 16.1 Å². The molecule has 1 heterocycles. The lowest BCUT2D eigenvalue weighted by Crippen LogP contribution is -2.56. The van der Waals surface area contributed by atoms with Gasteiger partial charge in [-0.2, -0.15) is 0 Å². The number of halogens is 1. The molecule has 5 heteroatoms. The monoisotopic (exact) mass is 250 g/mol. The first kappa shape index (κ1) is 12.5. The quantitative estimate of drug-likeness (QED) is 0.850. The van der Waals surface area contributed by atoms with Crippen LogP contribution >= 0.6 is 0 Å². The molecule has 0 radical (unpaired) electrons. The molecule has 1 fully saturated rings. The highest BCUT2D eigenvalue weighted by atomic mass is 19.1. The predicted octanol–water partition coefficient (Wildman–Crippen LogP) is 0.981. The fourth-order valence-electron chi connectivity index (χ4n) is 2.01. The molecule has 0 aromatic heterocycles. The van der Waals surface area contributed by atoms with E-state index >= 15 is 0 Å². The van der Waals surface area contributed by atoms with Gasteiger partial charge < -0.3 is 10.2 Å². The normalized spacial score (nSPS) is 19.9. The van der Waals surface area contributed by atoms with E-state index in [4.69, 9.17) is 0 Å². The fourth-order valence-corrected chi connectivity index (χ4v) is 2.01. The van der Waals surface area contributed by atoms with E-state index in [1.54, 1.807) is 19.9 Å². The number of amides is 2. The molecular formula is C13H15FN2O2. The van der Waals surface area contributed by atoms with E-state index in [1.165, 1.54) is 17.0 Å². The van der Waals surface area contributed by atoms with Crippen LogP contribution in [0.4, 0.5) is 4.39 Å². The number of nitrogens with zero attached hydrogens (tertiary/aromatic N) is 1. The first-order chi connectivity index (χ1) is 8.49. The smallest absolute Gasteiger partial charge is 0.242 e. The molecule has 0 saturated carbocycles. The molecule has 0 spiro atoms. The van der Waals surface area contributed by atoms with E-state index in [0.717, 1.165) is 11.1 Å². The summed E-state index contributed by atoms with van der Waals surface area (Å²) in [6.45, 7) is 3.84. The molecule has 0 aliphatic carbocycles. The summed E-state index contributed by atoms with van der Waals surface area (Å²) in [4.78, 5) is 24.8. The topological polar surface area (TPSA) is 49.4 Å². The third kappa shape index (κ3) is 2.34. The van der Waals surface area contributed by atoms with Crippen LogP contribution in [0.5, 0.6) is 0 Å². The minimum atomic E-state index is -0.490. The lowest BCUT2D eigenvalue weighted by atomic mass is 10.1. The molecule has 4 nitrogen and oxygen atoms in total. The zero-order valence-corrected chi connectivity index (χ0v) is 10.4. The summed E-state index contributed by atoms with van der Waals surface area (Å²) in [5, 5.41) is 2.53. The molecule has 1 N–H and O–H groups in total. The average Bonchev–Trinajstić information content (AvgIpc) is 2.32. The van der Waals surface area contributed by atoms with Gasteiger partial charge in [0.1, 0.15) is 11.9 Å². The highest BCUT2D eigenvalue weighted by Gasteiger charge is 2.30. The van der Waals surface area contributed by atoms with Gasteiger partial charge in [0.05, 0.1) is 6.54 Å². The molecule has 1 unspecified atom stereocenters. The van der Waals surface area contributed by atoms with Gasteiger partial charge in [0, 0.05) is 6.54 Å². The minimum Gasteiger partial charge on any atom is -0.345 e. The third-order valence-corrected chi connectivity index (χ3v) is 3.23. The van der Waals surface area contributed by atoms with Gasteiger partial charge >= 0.3 is 0 Å². The number of benzene rings is 1. The Kier molecular flexibility index (Phi) is 3.32. The van der Waals surface area contributed by atoms with Crippen molar-refractivity contribution in [3.63, 3.8) is 0 Å². The van der Waals surface area contributed by atoms with Crippen molar-refractivity contribution >= 4 is 11.8 Å². The van der Waals surface area contributed by atoms with Gasteiger partial charge in [-0.3, -0.25) is 9.59 Å². The second-order valence-corrected chi connectivity index (χ2v) is 4.49. The zero-order valence-electron chi connectivity index (χ0n) is 10.4. The van der Waals surface area contributed by atoms with E-state index in [-0.39, 0.29) is 24.2 Å². The highest BCUT2D eigenvalue weighted by molar-refractivity contribution is 5.94. The summed E-state index contributed by atoms with van der Waals surface area (Å²) in [6, 6.07) is 3.95. The second-order valence-electron chi connectivity index (χ2n) is 4.49. The van der Waals surface area contributed by atoms with Gasteiger partial charge in [-0.05, 0) is 37.1 Å². The fraction of sp³-hybridized carbons (Fsp3) is 0.385. The molecule has 2 amide bonds. The van der Waals surface area contributed by atoms with Gasteiger partial charge in [0.15, 0.2) is 0 Å². The maximum absolute atomic E-state index is 13.0. The van der Waals surface area contributed by atoms with Gasteiger partial charge in [0.25, 0.3) is 0 Å². The predicted molar refractivity (Wildman–Crippen MR) is 64.2 cm³/mol. The van der Waals surface area contributed by atoms with Crippen molar-refractivity contribution in [2.45, 2.75) is 26.4 Å². The van der Waals surface area contributed by atoms with Gasteiger partial charge in [0.2, 0.25) is 11.8 Å². The Bertz CT molecular complexity index is 502. The maximum Gasteiger partial charge on any atom is 0.242 e. The van der Waals surface area contributed by atoms with Crippen molar-refractivity contribution in [2.24, 2.45) is 0 Å². The number of aryl methyl sites for hydroxylation is 1. The molecule has 1 atom stereocenters. The van der Waals surface area contributed by atoms with E-state index in [9.17, 15) is 14.0 Å². The second kappa shape index (κ2) is 4.76. The largest absolute Gasteiger partial charge is 0.345 e. The number of hydrogen-bond donors (Lipinski definition) is 1. The summed E-state index contributed by atoms with van der Waals surface area (Å²) >= 11 is 0. The Balaban J connectivity index is 2.21. The molecule has 0 bridgehead atoms. The van der Waals surface area contributed by atoms with Crippen LogP contribution in [0.3, 0.4) is 0 Å². The molecule has 1 aromatic carbocycles. The van der Waals surface area contributed by atoms with E-state index in [1.807, 2.05) is 0 Å². The summed E-state index contributed by atoms with van der Waals surface area (Å²) in [5.74, 6) is -0.577. The molecule has 1 aliphatic heterocycles. The highest BCUT2D eigenvalue weighted by Crippen LogP contribution is 2.16. The number of hydrogen-bond acceptors (Lipinski definition) is 2. The van der Waals surface area contributed by atoms with Gasteiger partial charge in [-0.25, -0.2) is 4.39 Å². The Hall–Kier alpha value is -1.91. The minimum absolute atomic E-state index is 0.0312. The first-order valence-corrected chi connectivity index (χ1v) is 5.81. The number of carbonyl (C=O) groups is 2. The lowest BCUT2D eigenvalue weighted by Gasteiger charge is -2.33. The Morgan fingerprint density at radius 1 is 1.44 bits per heavy atom. The average molecular weight is 250 g/mol. The molecule has 96 valence electrons. The van der Waals surface area contributed by atoms with E-state index in [0.29, 0.717) is 6.54 Å². The number of rotatable bonds is 2. The van der Waals surface area contributed by atoms with Crippen LogP contribution in [0.1, 0.15) is 18.1 Å². The van der Waals surface area contributed by atoms with Crippen molar-refractivity contribution in [1.82, 2.24) is 10.2 Å². The van der Waals surface area contributed by atoms with Crippen molar-refractivity contribution < 1.29 is 14.0 Å². The van der Waals surface area contributed by atoms with Crippen molar-refractivity contribution in [2.75, 3.05) is 6.54 Å². The van der Waals surface area contributed by atoms with Crippen LogP contribution in [0.2, 0.25) is 0 Å². The van der Waals surface area contributed by atoms with Crippen LogP contribution < -0.4 is 5.32 Å². The van der Waals surface area contributed by atoms with Gasteiger partial charge in [-0.15, -0.1) is 0 Å². The zero-order chi connectivity index (χ0) is 13.3. The molecule has 1 saturated heterocycles.